The van der Waals surface area contributed by atoms with Gasteiger partial charge in [-0.1, -0.05) is 41.9 Å². The maximum absolute atomic E-state index is 5.92. The molecule has 30 heavy (non-hydrogen) atoms. The highest BCUT2D eigenvalue weighted by molar-refractivity contribution is 6.30. The molecule has 0 radical (unpaired) electrons. The Labute approximate surface area is 183 Å². The minimum absolute atomic E-state index is 0.315. The van der Waals surface area contributed by atoms with Crippen LogP contribution in [0.1, 0.15) is 5.56 Å². The number of benzene rings is 2. The molecule has 4 rings (SSSR count). The standard InChI is InChI=1S/C24H29ClN2O3/c25-22-6-8-23(9-7-22)29-15-14-26-10-12-27(13-11-26)17-21(24-18-28-19-30-24)16-20-4-2-1-3-5-20/h1-9,18,21H,10-17,19H2. The molecule has 2 aliphatic heterocycles. The first-order valence-electron chi connectivity index (χ1n) is 10.6. The highest BCUT2D eigenvalue weighted by Gasteiger charge is 2.25. The van der Waals surface area contributed by atoms with Gasteiger partial charge < -0.3 is 19.1 Å². The number of halogens is 1. The molecule has 0 N–H and O–H groups in total. The van der Waals surface area contributed by atoms with Crippen molar-refractivity contribution in [2.75, 3.05) is 52.7 Å². The fourth-order valence-electron chi connectivity index (χ4n) is 3.95. The number of piperazine rings is 1. The van der Waals surface area contributed by atoms with Crippen LogP contribution in [0.5, 0.6) is 5.75 Å². The molecule has 0 aliphatic carbocycles. The Balaban J connectivity index is 1.22. The van der Waals surface area contributed by atoms with Gasteiger partial charge in [0.05, 0.1) is 0 Å². The van der Waals surface area contributed by atoms with Gasteiger partial charge in [-0.05, 0) is 36.2 Å². The van der Waals surface area contributed by atoms with Crippen molar-refractivity contribution in [3.63, 3.8) is 0 Å². The molecule has 0 amide bonds. The zero-order valence-corrected chi connectivity index (χ0v) is 18.0. The number of nitrogens with zero attached hydrogens (tertiary/aromatic N) is 2. The van der Waals surface area contributed by atoms with Crippen molar-refractivity contribution < 1.29 is 14.2 Å². The predicted octanol–water partition coefficient (Wildman–Crippen LogP) is 4.04. The number of hydrogen-bond donors (Lipinski definition) is 0. The van der Waals surface area contributed by atoms with E-state index in [0.717, 1.165) is 62.2 Å². The molecule has 2 heterocycles. The first kappa shape index (κ1) is 21.0. The fourth-order valence-corrected chi connectivity index (χ4v) is 4.08. The lowest BCUT2D eigenvalue weighted by Crippen LogP contribution is -2.49. The highest BCUT2D eigenvalue weighted by Crippen LogP contribution is 2.24. The van der Waals surface area contributed by atoms with Gasteiger partial charge in [0.1, 0.15) is 24.4 Å². The summed E-state index contributed by atoms with van der Waals surface area (Å²) in [5, 5.41) is 0.731. The zero-order valence-electron chi connectivity index (χ0n) is 17.2. The van der Waals surface area contributed by atoms with Gasteiger partial charge in [0.15, 0.2) is 0 Å². The summed E-state index contributed by atoms with van der Waals surface area (Å²) >= 11 is 5.92. The van der Waals surface area contributed by atoms with Crippen LogP contribution in [0, 0.1) is 5.92 Å². The summed E-state index contributed by atoms with van der Waals surface area (Å²) in [6.07, 6.45) is 2.75. The van der Waals surface area contributed by atoms with E-state index in [4.69, 9.17) is 25.8 Å². The Bertz CT molecular complexity index is 805. The lowest BCUT2D eigenvalue weighted by Gasteiger charge is -2.36. The Morgan fingerprint density at radius 1 is 0.933 bits per heavy atom. The van der Waals surface area contributed by atoms with E-state index in [0.29, 0.717) is 19.3 Å². The lowest BCUT2D eigenvalue weighted by atomic mass is 9.96. The molecule has 2 aliphatic rings. The fraction of sp³-hybridized carbons (Fsp3) is 0.417. The van der Waals surface area contributed by atoms with Gasteiger partial charge >= 0.3 is 0 Å². The highest BCUT2D eigenvalue weighted by atomic mass is 35.5. The SMILES string of the molecule is Clc1ccc(OCCN2CCN(CC(Cc3ccccc3)C3=COCO3)CC2)cc1. The minimum Gasteiger partial charge on any atom is -0.492 e. The predicted molar refractivity (Wildman–Crippen MR) is 119 cm³/mol. The molecule has 5 nitrogen and oxygen atoms in total. The third-order valence-corrected chi connectivity index (χ3v) is 5.91. The molecular weight excluding hydrogens is 400 g/mol. The van der Waals surface area contributed by atoms with Crippen LogP contribution >= 0.6 is 11.6 Å². The Hall–Kier alpha value is -2.21. The second-order valence-electron chi connectivity index (χ2n) is 7.78. The maximum Gasteiger partial charge on any atom is 0.229 e. The first-order valence-corrected chi connectivity index (χ1v) is 11.0. The van der Waals surface area contributed by atoms with Gasteiger partial charge in [-0.15, -0.1) is 0 Å². The molecule has 0 aromatic heterocycles. The van der Waals surface area contributed by atoms with Crippen LogP contribution in [0.25, 0.3) is 0 Å². The van der Waals surface area contributed by atoms with E-state index < -0.39 is 0 Å². The molecule has 2 aromatic carbocycles. The van der Waals surface area contributed by atoms with Gasteiger partial charge in [0.2, 0.25) is 6.79 Å². The largest absolute Gasteiger partial charge is 0.492 e. The summed E-state index contributed by atoms with van der Waals surface area (Å²) in [4.78, 5) is 5.00. The number of ether oxygens (including phenoxy) is 3. The average molecular weight is 429 g/mol. The van der Waals surface area contributed by atoms with Crippen molar-refractivity contribution in [3.05, 3.63) is 77.2 Å². The van der Waals surface area contributed by atoms with Gasteiger partial charge in [0.25, 0.3) is 0 Å². The molecular formula is C24H29ClN2O3. The molecule has 0 bridgehead atoms. The van der Waals surface area contributed by atoms with Crippen LogP contribution in [0.2, 0.25) is 5.02 Å². The molecule has 0 saturated carbocycles. The Kier molecular flexibility index (Phi) is 7.51. The monoisotopic (exact) mass is 428 g/mol. The van der Waals surface area contributed by atoms with Crippen molar-refractivity contribution in [1.82, 2.24) is 9.80 Å². The van der Waals surface area contributed by atoms with Crippen LogP contribution in [0.3, 0.4) is 0 Å². The van der Waals surface area contributed by atoms with Crippen LogP contribution in [0.15, 0.2) is 66.6 Å². The van der Waals surface area contributed by atoms with E-state index in [1.165, 1.54) is 5.56 Å². The minimum atomic E-state index is 0.315. The molecule has 1 unspecified atom stereocenters. The second kappa shape index (κ2) is 10.7. The summed E-state index contributed by atoms with van der Waals surface area (Å²) in [5.74, 6) is 2.15. The van der Waals surface area contributed by atoms with Crippen molar-refractivity contribution in [2.24, 2.45) is 5.92 Å². The van der Waals surface area contributed by atoms with Crippen molar-refractivity contribution >= 4 is 11.6 Å². The molecule has 1 saturated heterocycles. The number of rotatable bonds is 9. The van der Waals surface area contributed by atoms with E-state index in [1.807, 2.05) is 24.3 Å². The van der Waals surface area contributed by atoms with Crippen LogP contribution < -0.4 is 4.74 Å². The topological polar surface area (TPSA) is 34.2 Å². The van der Waals surface area contributed by atoms with E-state index in [-0.39, 0.29) is 0 Å². The Morgan fingerprint density at radius 2 is 1.67 bits per heavy atom. The summed E-state index contributed by atoms with van der Waals surface area (Å²) in [5.41, 5.74) is 1.33. The number of hydrogen-bond acceptors (Lipinski definition) is 5. The molecule has 6 heteroatoms. The quantitative estimate of drug-likeness (QED) is 0.602. The molecule has 0 spiro atoms. The van der Waals surface area contributed by atoms with E-state index >= 15 is 0 Å². The smallest absolute Gasteiger partial charge is 0.229 e. The van der Waals surface area contributed by atoms with Gasteiger partial charge in [-0.25, -0.2) is 0 Å². The third kappa shape index (κ3) is 6.14. The molecule has 1 fully saturated rings. The Morgan fingerprint density at radius 3 is 2.37 bits per heavy atom. The second-order valence-corrected chi connectivity index (χ2v) is 8.22. The van der Waals surface area contributed by atoms with E-state index in [2.05, 4.69) is 40.1 Å². The summed E-state index contributed by atoms with van der Waals surface area (Å²) in [6, 6.07) is 18.2. The summed E-state index contributed by atoms with van der Waals surface area (Å²) in [6.45, 7) is 7.17. The molecule has 160 valence electrons. The normalized spacial score (nSPS) is 18.4. The summed E-state index contributed by atoms with van der Waals surface area (Å²) < 4.78 is 16.9. The molecule has 1 atom stereocenters. The van der Waals surface area contributed by atoms with E-state index in [9.17, 15) is 0 Å². The van der Waals surface area contributed by atoms with Crippen LogP contribution in [-0.4, -0.2) is 62.5 Å². The van der Waals surface area contributed by atoms with Crippen molar-refractivity contribution in [2.45, 2.75) is 6.42 Å². The summed E-state index contributed by atoms with van der Waals surface area (Å²) in [7, 11) is 0. The van der Waals surface area contributed by atoms with E-state index in [1.54, 1.807) is 6.26 Å². The van der Waals surface area contributed by atoms with Crippen LogP contribution in [-0.2, 0) is 15.9 Å². The zero-order chi connectivity index (χ0) is 20.6. The van der Waals surface area contributed by atoms with Gasteiger partial charge in [0, 0.05) is 50.2 Å². The van der Waals surface area contributed by atoms with Crippen LogP contribution in [0.4, 0.5) is 0 Å². The average Bonchev–Trinajstić information content (AvgIpc) is 3.32. The van der Waals surface area contributed by atoms with Crippen molar-refractivity contribution in [1.29, 1.82) is 0 Å². The molecule has 2 aromatic rings. The lowest BCUT2D eigenvalue weighted by molar-refractivity contribution is 0.0601. The third-order valence-electron chi connectivity index (χ3n) is 5.65. The first-order chi connectivity index (χ1) is 14.8. The maximum atomic E-state index is 5.92. The van der Waals surface area contributed by atoms with Gasteiger partial charge in [-0.3, -0.25) is 4.90 Å². The van der Waals surface area contributed by atoms with Crippen molar-refractivity contribution in [3.8, 4) is 5.75 Å². The van der Waals surface area contributed by atoms with Gasteiger partial charge in [-0.2, -0.15) is 0 Å².